The molecule has 1 saturated heterocycles. The molecule has 3 saturated carbocycles. The molecule has 1 atom stereocenters. The van der Waals surface area contributed by atoms with Crippen LogP contribution in [0.1, 0.15) is 82.5 Å². The lowest BCUT2D eigenvalue weighted by atomic mass is 9.92. The highest BCUT2D eigenvalue weighted by atomic mass is 16.6. The minimum Gasteiger partial charge on any atom is -0.490 e. The molecule has 1 unspecified atom stereocenters. The first-order valence-corrected chi connectivity index (χ1v) is 15.9. The summed E-state index contributed by atoms with van der Waals surface area (Å²) in [6.07, 6.45) is 9.40. The van der Waals surface area contributed by atoms with Crippen LogP contribution in [-0.2, 0) is 9.47 Å². The van der Waals surface area contributed by atoms with Crippen LogP contribution in [0, 0.1) is 5.92 Å². The highest BCUT2D eigenvalue weighted by molar-refractivity contribution is 6.03. The third kappa shape index (κ3) is 5.39. The van der Waals surface area contributed by atoms with Crippen molar-refractivity contribution in [1.29, 1.82) is 0 Å². The van der Waals surface area contributed by atoms with Crippen molar-refractivity contribution in [3.8, 4) is 28.5 Å². The fourth-order valence-corrected chi connectivity index (χ4v) is 6.41. The maximum atomic E-state index is 12.5. The van der Waals surface area contributed by atoms with Gasteiger partial charge >= 0.3 is 6.09 Å². The van der Waals surface area contributed by atoms with E-state index in [0.717, 1.165) is 104 Å². The molecule has 0 bridgehead atoms. The molecule has 1 amide bonds. The van der Waals surface area contributed by atoms with E-state index in [4.69, 9.17) is 23.7 Å². The number of benzene rings is 2. The van der Waals surface area contributed by atoms with Gasteiger partial charge < -0.3 is 23.3 Å². The predicted octanol–water partition coefficient (Wildman–Crippen LogP) is 7.87. The Hall–Kier alpha value is -3.85. The van der Waals surface area contributed by atoms with Crippen LogP contribution in [-0.4, -0.2) is 46.2 Å². The highest BCUT2D eigenvalue weighted by Gasteiger charge is 2.34. The van der Waals surface area contributed by atoms with Crippen molar-refractivity contribution in [2.45, 2.75) is 88.9 Å². The molecule has 9 heteroatoms. The Labute approximate surface area is 250 Å². The van der Waals surface area contributed by atoms with E-state index in [9.17, 15) is 4.79 Å². The van der Waals surface area contributed by atoms with Crippen LogP contribution >= 0.6 is 0 Å². The molecule has 4 fully saturated rings. The van der Waals surface area contributed by atoms with Crippen LogP contribution in [0.2, 0.25) is 0 Å². The van der Waals surface area contributed by atoms with E-state index in [-0.39, 0.29) is 12.2 Å². The van der Waals surface area contributed by atoms with Crippen LogP contribution in [0.3, 0.4) is 0 Å². The zero-order valence-corrected chi connectivity index (χ0v) is 24.6. The van der Waals surface area contributed by atoms with Crippen molar-refractivity contribution in [1.82, 2.24) is 14.7 Å². The average molecular weight is 583 g/mol. The van der Waals surface area contributed by atoms with Gasteiger partial charge in [-0.1, -0.05) is 17.3 Å². The van der Waals surface area contributed by atoms with E-state index in [2.05, 4.69) is 45.4 Å². The molecule has 3 heterocycles. The number of fused-ring (bicyclic) bond motifs is 1. The molecule has 43 heavy (non-hydrogen) atoms. The van der Waals surface area contributed by atoms with E-state index >= 15 is 0 Å². The Balaban J connectivity index is 1.19. The van der Waals surface area contributed by atoms with Crippen molar-refractivity contribution in [2.75, 3.05) is 18.5 Å². The van der Waals surface area contributed by atoms with Gasteiger partial charge in [0, 0.05) is 41.9 Å². The smallest absolute Gasteiger partial charge is 0.411 e. The fraction of sp³-hybridized carbons (Fsp3) is 0.500. The summed E-state index contributed by atoms with van der Waals surface area (Å²) in [6.45, 7) is 3.44. The number of hydrogen-bond donors (Lipinski definition) is 1. The maximum absolute atomic E-state index is 12.5. The Bertz CT molecular complexity index is 1620. The fourth-order valence-electron chi connectivity index (χ4n) is 6.41. The van der Waals surface area contributed by atoms with Crippen molar-refractivity contribution in [2.24, 2.45) is 5.92 Å². The van der Waals surface area contributed by atoms with Gasteiger partial charge in [0.2, 0.25) is 0 Å². The van der Waals surface area contributed by atoms with Crippen LogP contribution in [0.4, 0.5) is 10.5 Å². The molecule has 1 N–H and O–H groups in total. The molecule has 2 aromatic heterocycles. The topological polar surface area (TPSA) is 101 Å². The third-order valence-corrected chi connectivity index (χ3v) is 9.47. The summed E-state index contributed by atoms with van der Waals surface area (Å²) in [5, 5.41) is 8.35. The summed E-state index contributed by atoms with van der Waals surface area (Å²) >= 11 is 0. The van der Waals surface area contributed by atoms with Gasteiger partial charge in [0.1, 0.15) is 18.0 Å². The van der Waals surface area contributed by atoms with Crippen LogP contribution in [0.5, 0.6) is 5.75 Å². The van der Waals surface area contributed by atoms with Crippen LogP contribution in [0.15, 0.2) is 47.0 Å². The summed E-state index contributed by atoms with van der Waals surface area (Å²) < 4.78 is 26.0. The van der Waals surface area contributed by atoms with E-state index < -0.39 is 6.09 Å². The first-order chi connectivity index (χ1) is 21.1. The number of ether oxygens (including phenoxy) is 3. The normalized spacial score (nSPS) is 20.1. The summed E-state index contributed by atoms with van der Waals surface area (Å²) in [5.74, 6) is 3.11. The van der Waals surface area contributed by atoms with Gasteiger partial charge in [-0.2, -0.15) is 4.98 Å². The molecule has 4 aliphatic rings. The number of anilines is 1. The molecular formula is C34H38N4O5. The molecular weight excluding hydrogens is 544 g/mol. The van der Waals surface area contributed by atoms with Crippen LogP contribution in [0.25, 0.3) is 33.6 Å². The lowest BCUT2D eigenvalue weighted by Crippen LogP contribution is -2.25. The molecule has 3 aliphatic carbocycles. The Kier molecular flexibility index (Phi) is 6.85. The van der Waals surface area contributed by atoms with Gasteiger partial charge in [-0.3, -0.25) is 5.32 Å². The third-order valence-electron chi connectivity index (χ3n) is 9.47. The SMILES string of the molecule is CC(OC(=O)Nc1ccc(-c2c(-c3nc(C4CC4)no3)c3ccc(OC4CCOCC4)cc3n2C2CCC2)cc1)C1CC1. The second-order valence-electron chi connectivity index (χ2n) is 12.7. The van der Waals surface area contributed by atoms with E-state index in [0.29, 0.717) is 29.5 Å². The van der Waals surface area contributed by atoms with Crippen LogP contribution < -0.4 is 10.1 Å². The van der Waals surface area contributed by atoms with E-state index in [1.54, 1.807) is 0 Å². The number of carbonyl (C=O) groups is 1. The number of carbonyl (C=O) groups excluding carboxylic acids is 1. The maximum Gasteiger partial charge on any atom is 0.411 e. The van der Waals surface area contributed by atoms with Gasteiger partial charge in [-0.25, -0.2) is 4.79 Å². The van der Waals surface area contributed by atoms with Gasteiger partial charge in [-0.05, 0) is 87.6 Å². The highest BCUT2D eigenvalue weighted by Crippen LogP contribution is 2.48. The van der Waals surface area contributed by atoms with Crippen molar-refractivity contribution < 1.29 is 23.5 Å². The second-order valence-corrected chi connectivity index (χ2v) is 12.7. The van der Waals surface area contributed by atoms with E-state index in [1.807, 2.05) is 19.1 Å². The Morgan fingerprint density at radius 3 is 2.49 bits per heavy atom. The molecule has 9 nitrogen and oxygen atoms in total. The number of nitrogens with one attached hydrogen (secondary N) is 1. The summed E-state index contributed by atoms with van der Waals surface area (Å²) in [6, 6.07) is 14.8. The first kappa shape index (κ1) is 26.8. The number of rotatable bonds is 9. The molecule has 2 aromatic carbocycles. The van der Waals surface area contributed by atoms with Gasteiger partial charge in [0.05, 0.1) is 30.0 Å². The zero-order chi connectivity index (χ0) is 28.9. The van der Waals surface area contributed by atoms with E-state index in [1.165, 1.54) is 6.42 Å². The number of amides is 1. The molecule has 4 aromatic rings. The van der Waals surface area contributed by atoms with Crippen molar-refractivity contribution in [3.05, 3.63) is 48.3 Å². The summed E-state index contributed by atoms with van der Waals surface area (Å²) in [5.41, 5.74) is 4.86. The lowest BCUT2D eigenvalue weighted by molar-refractivity contribution is 0.0256. The first-order valence-electron chi connectivity index (χ1n) is 15.9. The zero-order valence-electron chi connectivity index (χ0n) is 24.6. The standard InChI is InChI=1S/C34H38N4O5/c1-20(21-5-6-21)41-34(39)35-24-11-9-22(10-12-24)31-30(33-36-32(37-43-33)23-7-8-23)28-14-13-27(42-26-15-17-40-18-16-26)19-29(28)38(31)25-3-2-4-25/h9-14,19-21,23,25-26H,2-8,15-18H2,1H3,(H,35,39). The van der Waals surface area contributed by atoms with Crippen molar-refractivity contribution >= 4 is 22.7 Å². The Morgan fingerprint density at radius 2 is 1.79 bits per heavy atom. The molecule has 0 spiro atoms. The summed E-state index contributed by atoms with van der Waals surface area (Å²) in [7, 11) is 0. The molecule has 1 aliphatic heterocycles. The Morgan fingerprint density at radius 1 is 1.00 bits per heavy atom. The van der Waals surface area contributed by atoms with Crippen molar-refractivity contribution in [3.63, 3.8) is 0 Å². The number of aromatic nitrogens is 3. The van der Waals surface area contributed by atoms with Gasteiger partial charge in [-0.15, -0.1) is 0 Å². The lowest BCUT2D eigenvalue weighted by Gasteiger charge is -2.30. The largest absolute Gasteiger partial charge is 0.490 e. The van der Waals surface area contributed by atoms with Gasteiger partial charge in [0.25, 0.3) is 5.89 Å². The quantitative estimate of drug-likeness (QED) is 0.214. The number of hydrogen-bond acceptors (Lipinski definition) is 7. The predicted molar refractivity (Wildman–Crippen MR) is 162 cm³/mol. The van der Waals surface area contributed by atoms with Gasteiger partial charge in [0.15, 0.2) is 5.82 Å². The second kappa shape index (κ2) is 11.0. The minimum absolute atomic E-state index is 0.0599. The summed E-state index contributed by atoms with van der Waals surface area (Å²) in [4.78, 5) is 17.4. The average Bonchev–Trinajstić information content (AvgIpc) is 3.93. The molecule has 224 valence electrons. The monoisotopic (exact) mass is 582 g/mol. The molecule has 8 rings (SSSR count). The minimum atomic E-state index is -0.410. The number of nitrogens with zero attached hydrogens (tertiary/aromatic N) is 3. The molecule has 0 radical (unpaired) electrons.